The summed E-state index contributed by atoms with van der Waals surface area (Å²) in [5, 5.41) is 20.6. The van der Waals surface area contributed by atoms with Gasteiger partial charge >= 0.3 is 0 Å². The van der Waals surface area contributed by atoms with E-state index in [1.54, 1.807) is 19.1 Å². The highest BCUT2D eigenvalue weighted by Gasteiger charge is 2.29. The van der Waals surface area contributed by atoms with Gasteiger partial charge in [-0.3, -0.25) is 4.79 Å². The van der Waals surface area contributed by atoms with Gasteiger partial charge in [0.25, 0.3) is 0 Å². The summed E-state index contributed by atoms with van der Waals surface area (Å²) in [6.45, 7) is 0.999. The summed E-state index contributed by atoms with van der Waals surface area (Å²) >= 11 is 0. The van der Waals surface area contributed by atoms with E-state index < -0.39 is 5.54 Å². The molecule has 5 heteroatoms. The second-order valence-corrected chi connectivity index (χ2v) is 4.26. The van der Waals surface area contributed by atoms with E-state index >= 15 is 0 Å². The maximum Gasteiger partial charge on any atom is 0.227 e. The molecule has 0 aromatic heterocycles. The second kappa shape index (κ2) is 4.74. The van der Waals surface area contributed by atoms with Crippen LogP contribution in [0.15, 0.2) is 12.2 Å². The number of hydrogen-bond acceptors (Lipinski definition) is 4. The average molecular weight is 214 g/mol. The predicted molar refractivity (Wildman–Crippen MR) is 55.9 cm³/mol. The van der Waals surface area contributed by atoms with Crippen molar-refractivity contribution in [1.82, 2.24) is 5.32 Å². The van der Waals surface area contributed by atoms with Crippen LogP contribution in [0.2, 0.25) is 0 Å². The van der Waals surface area contributed by atoms with Crippen LogP contribution in [-0.2, 0) is 4.79 Å². The van der Waals surface area contributed by atoms with Crippen molar-refractivity contribution >= 4 is 5.91 Å². The van der Waals surface area contributed by atoms with E-state index in [-0.39, 0.29) is 31.1 Å². The van der Waals surface area contributed by atoms with Crippen LogP contribution in [0.3, 0.4) is 0 Å². The summed E-state index contributed by atoms with van der Waals surface area (Å²) in [6, 6.07) is -0.0738. The molecule has 0 bridgehead atoms. The monoisotopic (exact) mass is 214 g/mol. The molecule has 0 aromatic rings. The fourth-order valence-electron chi connectivity index (χ4n) is 1.44. The zero-order valence-electron chi connectivity index (χ0n) is 8.81. The lowest BCUT2D eigenvalue weighted by Crippen LogP contribution is -2.53. The summed E-state index contributed by atoms with van der Waals surface area (Å²) in [6.07, 6.45) is 4.13. The molecule has 86 valence electrons. The van der Waals surface area contributed by atoms with Crippen molar-refractivity contribution in [3.05, 3.63) is 12.2 Å². The molecule has 2 unspecified atom stereocenters. The third-order valence-electron chi connectivity index (χ3n) is 2.58. The number of aliphatic hydroxyl groups excluding tert-OH is 2. The highest BCUT2D eigenvalue weighted by Crippen LogP contribution is 2.17. The van der Waals surface area contributed by atoms with E-state index in [0.29, 0.717) is 6.42 Å². The van der Waals surface area contributed by atoms with Gasteiger partial charge in [0, 0.05) is 6.04 Å². The van der Waals surface area contributed by atoms with Gasteiger partial charge in [0.1, 0.15) is 0 Å². The lowest BCUT2D eigenvalue weighted by molar-refractivity contribution is -0.126. The van der Waals surface area contributed by atoms with Crippen LogP contribution in [0.25, 0.3) is 0 Å². The number of nitrogens with two attached hydrogens (primary N) is 1. The topological polar surface area (TPSA) is 95.6 Å². The number of carbonyl (C=O) groups excluding carboxylic acids is 1. The molecule has 0 aliphatic heterocycles. The van der Waals surface area contributed by atoms with E-state index in [0.717, 1.165) is 0 Å². The number of amides is 1. The molecular weight excluding hydrogens is 196 g/mol. The molecule has 0 spiro atoms. The molecule has 2 atom stereocenters. The van der Waals surface area contributed by atoms with Crippen LogP contribution < -0.4 is 11.1 Å². The summed E-state index contributed by atoms with van der Waals surface area (Å²) < 4.78 is 0. The van der Waals surface area contributed by atoms with Gasteiger partial charge in [0.2, 0.25) is 5.91 Å². The van der Waals surface area contributed by atoms with Gasteiger partial charge < -0.3 is 21.3 Å². The zero-order valence-corrected chi connectivity index (χ0v) is 8.81. The van der Waals surface area contributed by atoms with Gasteiger partial charge in [-0.2, -0.15) is 0 Å². The first-order chi connectivity index (χ1) is 7.00. The summed E-state index contributed by atoms with van der Waals surface area (Å²) in [5.41, 5.74) is 4.67. The smallest absolute Gasteiger partial charge is 0.227 e. The molecule has 1 aliphatic rings. The average Bonchev–Trinajstić information content (AvgIpc) is 2.65. The molecule has 15 heavy (non-hydrogen) atoms. The normalized spacial score (nSPS) is 25.6. The van der Waals surface area contributed by atoms with Gasteiger partial charge in [-0.15, -0.1) is 0 Å². The van der Waals surface area contributed by atoms with E-state index in [9.17, 15) is 4.79 Å². The van der Waals surface area contributed by atoms with Gasteiger partial charge in [-0.1, -0.05) is 12.2 Å². The third-order valence-corrected chi connectivity index (χ3v) is 2.58. The molecular formula is C10H18N2O3. The Labute approximate surface area is 89.0 Å². The van der Waals surface area contributed by atoms with Crippen molar-refractivity contribution in [3.8, 4) is 0 Å². The van der Waals surface area contributed by atoms with Crippen LogP contribution in [0.1, 0.15) is 13.3 Å². The zero-order chi connectivity index (χ0) is 11.5. The van der Waals surface area contributed by atoms with Crippen molar-refractivity contribution in [2.45, 2.75) is 24.9 Å². The van der Waals surface area contributed by atoms with Crippen LogP contribution in [0, 0.1) is 5.92 Å². The number of aliphatic hydroxyl groups is 2. The Kier molecular flexibility index (Phi) is 3.84. The minimum atomic E-state index is -0.961. The first-order valence-electron chi connectivity index (χ1n) is 4.98. The van der Waals surface area contributed by atoms with E-state index in [1.807, 2.05) is 0 Å². The minimum absolute atomic E-state index is 0.0738. The highest BCUT2D eigenvalue weighted by atomic mass is 16.3. The number of nitrogens with one attached hydrogen (secondary N) is 1. The molecule has 0 heterocycles. The van der Waals surface area contributed by atoms with Crippen molar-refractivity contribution in [3.63, 3.8) is 0 Å². The number of carbonyl (C=O) groups is 1. The number of rotatable bonds is 4. The van der Waals surface area contributed by atoms with E-state index in [1.165, 1.54) is 0 Å². The molecule has 5 nitrogen and oxygen atoms in total. The Morgan fingerprint density at radius 2 is 2.13 bits per heavy atom. The summed E-state index contributed by atoms with van der Waals surface area (Å²) in [7, 11) is 0. The molecule has 1 amide bonds. The van der Waals surface area contributed by atoms with E-state index in [2.05, 4.69) is 5.32 Å². The fraction of sp³-hybridized carbons (Fsp3) is 0.700. The molecule has 0 aromatic carbocycles. The quantitative estimate of drug-likeness (QED) is 0.440. The van der Waals surface area contributed by atoms with Crippen LogP contribution in [0.5, 0.6) is 0 Å². The first kappa shape index (κ1) is 12.2. The largest absolute Gasteiger partial charge is 0.394 e. The van der Waals surface area contributed by atoms with Crippen molar-refractivity contribution < 1.29 is 15.0 Å². The Morgan fingerprint density at radius 1 is 1.53 bits per heavy atom. The van der Waals surface area contributed by atoms with Gasteiger partial charge in [0.05, 0.1) is 24.7 Å². The molecule has 0 fully saturated rings. The Morgan fingerprint density at radius 3 is 2.53 bits per heavy atom. The standard InChI is InChI=1S/C10H18N2O3/c1-10(5-13,6-14)12-9(15)7-2-3-8(11)4-7/h2-3,7-8,13-14H,4-6,11H2,1H3,(H,12,15). The van der Waals surface area contributed by atoms with Gasteiger partial charge in [0.15, 0.2) is 0 Å². The Balaban J connectivity index is 2.52. The van der Waals surface area contributed by atoms with Crippen LogP contribution in [-0.4, -0.2) is 40.9 Å². The summed E-state index contributed by atoms with van der Waals surface area (Å²) in [5.74, 6) is -0.456. The van der Waals surface area contributed by atoms with Crippen LogP contribution in [0.4, 0.5) is 0 Å². The SMILES string of the molecule is CC(CO)(CO)NC(=O)C1C=CC(N)C1. The predicted octanol–water partition coefficient (Wildman–Crippen LogP) is -1.25. The molecule has 0 saturated heterocycles. The second-order valence-electron chi connectivity index (χ2n) is 4.26. The van der Waals surface area contributed by atoms with Crippen molar-refractivity contribution in [2.24, 2.45) is 11.7 Å². The van der Waals surface area contributed by atoms with Crippen molar-refractivity contribution in [2.75, 3.05) is 13.2 Å². The molecule has 0 saturated carbocycles. The Bertz CT molecular complexity index is 261. The first-order valence-corrected chi connectivity index (χ1v) is 4.98. The van der Waals surface area contributed by atoms with Crippen molar-refractivity contribution in [1.29, 1.82) is 0 Å². The maximum atomic E-state index is 11.7. The fourth-order valence-corrected chi connectivity index (χ4v) is 1.44. The highest BCUT2D eigenvalue weighted by molar-refractivity contribution is 5.81. The molecule has 1 rings (SSSR count). The molecule has 0 radical (unpaired) electrons. The summed E-state index contributed by atoms with van der Waals surface area (Å²) in [4.78, 5) is 11.7. The molecule has 1 aliphatic carbocycles. The maximum absolute atomic E-state index is 11.7. The molecule has 5 N–H and O–H groups in total. The lowest BCUT2D eigenvalue weighted by atomic mass is 10.0. The van der Waals surface area contributed by atoms with Crippen LogP contribution >= 0.6 is 0 Å². The Hall–Kier alpha value is -0.910. The van der Waals surface area contributed by atoms with Gasteiger partial charge in [-0.25, -0.2) is 0 Å². The van der Waals surface area contributed by atoms with E-state index in [4.69, 9.17) is 15.9 Å². The third kappa shape index (κ3) is 3.02. The number of hydrogen-bond donors (Lipinski definition) is 4. The lowest BCUT2D eigenvalue weighted by Gasteiger charge is -2.27. The minimum Gasteiger partial charge on any atom is -0.394 e. The van der Waals surface area contributed by atoms with Gasteiger partial charge in [-0.05, 0) is 13.3 Å².